The van der Waals surface area contributed by atoms with Gasteiger partial charge in [-0.2, -0.15) is 0 Å². The zero-order chi connectivity index (χ0) is 16.2. The van der Waals surface area contributed by atoms with Crippen LogP contribution < -0.4 is 9.80 Å². The highest BCUT2D eigenvalue weighted by Crippen LogP contribution is 2.27. The summed E-state index contributed by atoms with van der Waals surface area (Å²) in [7, 11) is 2.03. The zero-order valence-corrected chi connectivity index (χ0v) is 14.2. The largest absolute Gasteiger partial charge is 0.370 e. The summed E-state index contributed by atoms with van der Waals surface area (Å²) in [5.41, 5.74) is 1.14. The third kappa shape index (κ3) is 3.74. The van der Waals surface area contributed by atoms with Gasteiger partial charge in [0.1, 0.15) is 24.1 Å². The standard InChI is InChI=1S/C17H21ClN4O/c1-3-21(2)16-10-17(20-12-19-16)22-8-9-23-15(11-22)13-4-6-14(18)7-5-13/h4-7,10,12,15H,3,8-9,11H2,1-2H3/t15-/m0/s1. The number of halogens is 1. The molecule has 1 aromatic carbocycles. The maximum Gasteiger partial charge on any atom is 0.134 e. The van der Waals surface area contributed by atoms with Crippen LogP contribution in [-0.4, -0.2) is 43.3 Å². The number of aromatic nitrogens is 2. The fourth-order valence-corrected chi connectivity index (χ4v) is 2.74. The van der Waals surface area contributed by atoms with Gasteiger partial charge in [-0.25, -0.2) is 9.97 Å². The van der Waals surface area contributed by atoms with E-state index in [1.807, 2.05) is 37.4 Å². The summed E-state index contributed by atoms with van der Waals surface area (Å²) in [5.74, 6) is 1.88. The van der Waals surface area contributed by atoms with Gasteiger partial charge in [0.2, 0.25) is 0 Å². The van der Waals surface area contributed by atoms with Crippen molar-refractivity contribution in [3.8, 4) is 0 Å². The highest BCUT2D eigenvalue weighted by atomic mass is 35.5. The molecule has 1 aliphatic heterocycles. The topological polar surface area (TPSA) is 41.5 Å². The molecule has 2 aromatic rings. The van der Waals surface area contributed by atoms with E-state index in [1.54, 1.807) is 6.33 Å². The minimum absolute atomic E-state index is 0.0309. The number of nitrogens with zero attached hydrogens (tertiary/aromatic N) is 4. The summed E-state index contributed by atoms with van der Waals surface area (Å²) in [6, 6.07) is 9.88. The van der Waals surface area contributed by atoms with Gasteiger partial charge in [0, 0.05) is 37.8 Å². The van der Waals surface area contributed by atoms with Gasteiger partial charge < -0.3 is 14.5 Å². The second-order valence-electron chi connectivity index (χ2n) is 5.61. The predicted octanol–water partition coefficient (Wildman–Crippen LogP) is 3.16. The first-order valence-electron chi connectivity index (χ1n) is 7.82. The van der Waals surface area contributed by atoms with Crippen LogP contribution in [0.5, 0.6) is 0 Å². The lowest BCUT2D eigenvalue weighted by atomic mass is 10.1. The fraction of sp³-hybridized carbons (Fsp3) is 0.412. The van der Waals surface area contributed by atoms with Gasteiger partial charge in [-0.1, -0.05) is 23.7 Å². The molecule has 0 amide bonds. The Labute approximate surface area is 141 Å². The maximum atomic E-state index is 5.96. The average Bonchev–Trinajstić information content (AvgIpc) is 2.62. The van der Waals surface area contributed by atoms with E-state index in [4.69, 9.17) is 16.3 Å². The molecular weight excluding hydrogens is 312 g/mol. The molecule has 2 heterocycles. The number of benzene rings is 1. The molecule has 122 valence electrons. The summed E-state index contributed by atoms with van der Waals surface area (Å²) in [4.78, 5) is 13.1. The van der Waals surface area contributed by atoms with Crippen molar-refractivity contribution in [3.63, 3.8) is 0 Å². The molecule has 0 unspecified atom stereocenters. The van der Waals surface area contributed by atoms with E-state index in [2.05, 4.69) is 26.7 Å². The Morgan fingerprint density at radius 2 is 2.09 bits per heavy atom. The maximum absolute atomic E-state index is 5.96. The van der Waals surface area contributed by atoms with E-state index in [0.29, 0.717) is 6.61 Å². The Hall–Kier alpha value is -1.85. The van der Waals surface area contributed by atoms with Crippen LogP contribution in [0.4, 0.5) is 11.6 Å². The molecule has 0 spiro atoms. The summed E-state index contributed by atoms with van der Waals surface area (Å²) in [6.45, 7) is 5.29. The number of hydrogen-bond acceptors (Lipinski definition) is 5. The summed E-state index contributed by atoms with van der Waals surface area (Å²) in [6.07, 6.45) is 1.66. The minimum Gasteiger partial charge on any atom is -0.370 e. The molecule has 6 heteroatoms. The van der Waals surface area contributed by atoms with Crippen LogP contribution in [0.2, 0.25) is 5.02 Å². The molecule has 0 N–H and O–H groups in total. The van der Waals surface area contributed by atoms with Crippen LogP contribution in [0, 0.1) is 0 Å². The molecule has 1 fully saturated rings. The number of anilines is 2. The predicted molar refractivity (Wildman–Crippen MR) is 93.3 cm³/mol. The Kier molecular flexibility index (Phi) is 4.98. The molecule has 1 aliphatic rings. The Bertz CT molecular complexity index is 649. The van der Waals surface area contributed by atoms with E-state index in [-0.39, 0.29) is 6.10 Å². The summed E-state index contributed by atoms with van der Waals surface area (Å²) in [5, 5.41) is 0.740. The first kappa shape index (κ1) is 16.0. The van der Waals surface area contributed by atoms with Crippen molar-refractivity contribution in [1.82, 2.24) is 9.97 Å². The lowest BCUT2D eigenvalue weighted by molar-refractivity contribution is 0.0395. The highest BCUT2D eigenvalue weighted by molar-refractivity contribution is 6.30. The van der Waals surface area contributed by atoms with Crippen molar-refractivity contribution < 1.29 is 4.74 Å². The van der Waals surface area contributed by atoms with Crippen molar-refractivity contribution in [2.75, 3.05) is 43.1 Å². The molecular formula is C17H21ClN4O. The fourth-order valence-electron chi connectivity index (χ4n) is 2.62. The van der Waals surface area contributed by atoms with Crippen molar-refractivity contribution in [3.05, 3.63) is 47.2 Å². The molecule has 0 bridgehead atoms. The van der Waals surface area contributed by atoms with E-state index < -0.39 is 0 Å². The van der Waals surface area contributed by atoms with Crippen molar-refractivity contribution in [2.24, 2.45) is 0 Å². The van der Waals surface area contributed by atoms with Gasteiger partial charge in [-0.15, -0.1) is 0 Å². The first-order valence-corrected chi connectivity index (χ1v) is 8.20. The second kappa shape index (κ2) is 7.15. The van der Waals surface area contributed by atoms with Crippen LogP contribution in [0.3, 0.4) is 0 Å². The lowest BCUT2D eigenvalue weighted by Crippen LogP contribution is -2.39. The Balaban J connectivity index is 1.77. The minimum atomic E-state index is 0.0309. The molecule has 3 rings (SSSR count). The van der Waals surface area contributed by atoms with Crippen LogP contribution in [0.15, 0.2) is 36.7 Å². The van der Waals surface area contributed by atoms with Gasteiger partial charge >= 0.3 is 0 Å². The summed E-state index contributed by atoms with van der Waals surface area (Å²) < 4.78 is 5.92. The van der Waals surface area contributed by atoms with Crippen LogP contribution in [-0.2, 0) is 4.74 Å². The third-order valence-corrected chi connectivity index (χ3v) is 4.39. The molecule has 1 atom stereocenters. The Morgan fingerprint density at radius 3 is 2.83 bits per heavy atom. The Morgan fingerprint density at radius 1 is 1.30 bits per heavy atom. The van der Waals surface area contributed by atoms with Crippen molar-refractivity contribution in [1.29, 1.82) is 0 Å². The molecule has 1 saturated heterocycles. The average molecular weight is 333 g/mol. The van der Waals surface area contributed by atoms with Gasteiger partial charge in [0.05, 0.1) is 6.61 Å². The van der Waals surface area contributed by atoms with E-state index in [0.717, 1.165) is 41.9 Å². The van der Waals surface area contributed by atoms with Gasteiger partial charge in [-0.3, -0.25) is 0 Å². The highest BCUT2D eigenvalue weighted by Gasteiger charge is 2.23. The van der Waals surface area contributed by atoms with Gasteiger partial charge in [0.15, 0.2) is 0 Å². The number of hydrogen-bond donors (Lipinski definition) is 0. The van der Waals surface area contributed by atoms with Crippen LogP contribution in [0.1, 0.15) is 18.6 Å². The molecule has 0 saturated carbocycles. The molecule has 23 heavy (non-hydrogen) atoms. The van der Waals surface area contributed by atoms with Crippen LogP contribution in [0.25, 0.3) is 0 Å². The van der Waals surface area contributed by atoms with Crippen molar-refractivity contribution in [2.45, 2.75) is 13.0 Å². The molecule has 0 aliphatic carbocycles. The van der Waals surface area contributed by atoms with E-state index in [1.165, 1.54) is 0 Å². The smallest absolute Gasteiger partial charge is 0.134 e. The monoisotopic (exact) mass is 332 g/mol. The van der Waals surface area contributed by atoms with Gasteiger partial charge in [-0.05, 0) is 24.6 Å². The summed E-state index contributed by atoms with van der Waals surface area (Å²) >= 11 is 5.96. The van der Waals surface area contributed by atoms with E-state index >= 15 is 0 Å². The van der Waals surface area contributed by atoms with E-state index in [9.17, 15) is 0 Å². The SMILES string of the molecule is CCN(C)c1cc(N2CCO[C@H](c3ccc(Cl)cc3)C2)ncn1. The second-order valence-corrected chi connectivity index (χ2v) is 6.04. The number of rotatable bonds is 4. The normalized spacial score (nSPS) is 18.0. The van der Waals surface area contributed by atoms with Crippen molar-refractivity contribution >= 4 is 23.2 Å². The first-order chi connectivity index (χ1) is 11.2. The molecule has 5 nitrogen and oxygen atoms in total. The van der Waals surface area contributed by atoms with Gasteiger partial charge in [0.25, 0.3) is 0 Å². The van der Waals surface area contributed by atoms with Crippen LogP contribution >= 0.6 is 11.6 Å². The lowest BCUT2D eigenvalue weighted by Gasteiger charge is -2.34. The zero-order valence-electron chi connectivity index (χ0n) is 13.4. The molecule has 1 aromatic heterocycles. The number of morpholine rings is 1. The third-order valence-electron chi connectivity index (χ3n) is 4.14. The molecule has 0 radical (unpaired) electrons. The number of ether oxygens (including phenoxy) is 1. The quantitative estimate of drug-likeness (QED) is 0.860.